The molecule has 2 atom stereocenters. The highest BCUT2D eigenvalue weighted by atomic mass is 79.9. The van der Waals surface area contributed by atoms with Crippen molar-refractivity contribution in [2.45, 2.75) is 18.6 Å². The molecule has 0 radical (unpaired) electrons. The maximum atomic E-state index is 5.58. The number of benzene rings is 1. The van der Waals surface area contributed by atoms with Gasteiger partial charge in [0.15, 0.2) is 0 Å². The molecule has 0 aromatic heterocycles. The summed E-state index contributed by atoms with van der Waals surface area (Å²) in [5.74, 6) is 0. The van der Waals surface area contributed by atoms with Gasteiger partial charge in [0, 0.05) is 16.7 Å². The molecular formula is C11H12BrNO. The van der Waals surface area contributed by atoms with Gasteiger partial charge in [-0.1, -0.05) is 15.9 Å². The van der Waals surface area contributed by atoms with Crippen molar-refractivity contribution in [2.24, 2.45) is 0 Å². The smallest absolute Gasteiger partial charge is 0.0771 e. The quantitative estimate of drug-likeness (QED) is 0.763. The maximum Gasteiger partial charge on any atom is 0.0771 e. The lowest BCUT2D eigenvalue weighted by Gasteiger charge is -2.28. The summed E-state index contributed by atoms with van der Waals surface area (Å²) >= 11 is 3.45. The molecule has 1 aromatic carbocycles. The van der Waals surface area contributed by atoms with Crippen LogP contribution < -0.4 is 4.90 Å². The number of halogens is 1. The maximum absolute atomic E-state index is 5.58. The number of morpholine rings is 1. The van der Waals surface area contributed by atoms with Crippen LogP contribution in [0.1, 0.15) is 6.42 Å². The molecule has 74 valence electrons. The standard InChI is InChI=1S/C11H12BrNO/c12-8-1-3-9(4-2-8)13-6-11-5-10(13)7-14-11/h1-4,10-11H,5-7H2/t10-,11-/m1/s1. The highest BCUT2D eigenvalue weighted by molar-refractivity contribution is 9.10. The van der Waals surface area contributed by atoms with Gasteiger partial charge in [-0.25, -0.2) is 0 Å². The molecule has 0 saturated carbocycles. The molecule has 0 aliphatic carbocycles. The molecule has 2 bridgehead atoms. The van der Waals surface area contributed by atoms with E-state index >= 15 is 0 Å². The molecule has 2 aliphatic heterocycles. The summed E-state index contributed by atoms with van der Waals surface area (Å²) in [5, 5.41) is 0. The van der Waals surface area contributed by atoms with E-state index in [1.807, 2.05) is 0 Å². The molecule has 0 spiro atoms. The lowest BCUT2D eigenvalue weighted by molar-refractivity contribution is 0.0991. The summed E-state index contributed by atoms with van der Waals surface area (Å²) in [6.07, 6.45) is 1.68. The van der Waals surface area contributed by atoms with E-state index in [0.29, 0.717) is 12.1 Å². The van der Waals surface area contributed by atoms with Crippen LogP contribution in [0.4, 0.5) is 5.69 Å². The van der Waals surface area contributed by atoms with Crippen LogP contribution in [0.5, 0.6) is 0 Å². The molecule has 1 aromatic rings. The van der Waals surface area contributed by atoms with Crippen LogP contribution in [-0.2, 0) is 4.74 Å². The monoisotopic (exact) mass is 253 g/mol. The summed E-state index contributed by atoms with van der Waals surface area (Å²) in [4.78, 5) is 2.46. The second-order valence-electron chi connectivity index (χ2n) is 3.97. The average Bonchev–Trinajstić information content (AvgIpc) is 2.80. The summed E-state index contributed by atoms with van der Waals surface area (Å²) < 4.78 is 6.72. The van der Waals surface area contributed by atoms with Crippen molar-refractivity contribution in [3.05, 3.63) is 28.7 Å². The van der Waals surface area contributed by atoms with E-state index in [4.69, 9.17) is 4.74 Å². The largest absolute Gasteiger partial charge is 0.374 e. The van der Waals surface area contributed by atoms with Crippen LogP contribution in [0.25, 0.3) is 0 Å². The first-order valence-corrected chi connectivity index (χ1v) is 5.76. The molecule has 2 aliphatic rings. The summed E-state index contributed by atoms with van der Waals surface area (Å²) in [6.45, 7) is 1.97. The van der Waals surface area contributed by atoms with Gasteiger partial charge in [0.05, 0.1) is 18.8 Å². The number of nitrogens with zero attached hydrogens (tertiary/aromatic N) is 1. The van der Waals surface area contributed by atoms with E-state index in [-0.39, 0.29) is 0 Å². The first-order chi connectivity index (χ1) is 6.83. The van der Waals surface area contributed by atoms with E-state index in [1.54, 1.807) is 0 Å². The fraction of sp³-hybridized carbons (Fsp3) is 0.455. The van der Waals surface area contributed by atoms with Crippen molar-refractivity contribution in [3.8, 4) is 0 Å². The lowest BCUT2D eigenvalue weighted by atomic mass is 10.2. The summed E-state index contributed by atoms with van der Waals surface area (Å²) in [6, 6.07) is 9.15. The number of hydrogen-bond donors (Lipinski definition) is 0. The minimum absolute atomic E-state index is 0.476. The van der Waals surface area contributed by atoms with Crippen molar-refractivity contribution in [3.63, 3.8) is 0 Å². The van der Waals surface area contributed by atoms with Crippen LogP contribution in [0.3, 0.4) is 0 Å². The molecule has 2 saturated heterocycles. The molecule has 2 heterocycles. The van der Waals surface area contributed by atoms with E-state index in [2.05, 4.69) is 45.1 Å². The topological polar surface area (TPSA) is 12.5 Å². The molecule has 3 heteroatoms. The van der Waals surface area contributed by atoms with Gasteiger partial charge in [0.25, 0.3) is 0 Å². The second-order valence-corrected chi connectivity index (χ2v) is 4.89. The van der Waals surface area contributed by atoms with Gasteiger partial charge in [-0.05, 0) is 30.7 Å². The van der Waals surface area contributed by atoms with Crippen LogP contribution in [0.15, 0.2) is 28.7 Å². The molecular weight excluding hydrogens is 242 g/mol. The predicted octanol–water partition coefficient (Wildman–Crippen LogP) is 2.43. The number of fused-ring (bicyclic) bond motifs is 2. The molecule has 2 fully saturated rings. The van der Waals surface area contributed by atoms with Crippen molar-refractivity contribution in [2.75, 3.05) is 18.1 Å². The highest BCUT2D eigenvalue weighted by Crippen LogP contribution is 2.32. The SMILES string of the molecule is Brc1ccc(N2C[C@H]3C[C@@H]2CO3)cc1. The fourth-order valence-electron chi connectivity index (χ4n) is 2.35. The van der Waals surface area contributed by atoms with Gasteiger partial charge in [-0.2, -0.15) is 0 Å². The third-order valence-electron chi connectivity index (χ3n) is 3.06. The Morgan fingerprint density at radius 1 is 1.29 bits per heavy atom. The van der Waals surface area contributed by atoms with E-state index < -0.39 is 0 Å². The highest BCUT2D eigenvalue weighted by Gasteiger charge is 2.38. The molecule has 2 nitrogen and oxygen atoms in total. The zero-order valence-corrected chi connectivity index (χ0v) is 9.40. The van der Waals surface area contributed by atoms with Gasteiger partial charge in [-0.3, -0.25) is 0 Å². The Balaban J connectivity index is 1.86. The number of rotatable bonds is 1. The number of hydrogen-bond acceptors (Lipinski definition) is 2. The van der Waals surface area contributed by atoms with E-state index in [1.165, 1.54) is 12.1 Å². The first kappa shape index (κ1) is 8.74. The Morgan fingerprint density at radius 2 is 2.07 bits per heavy atom. The normalized spacial score (nSPS) is 29.9. The third kappa shape index (κ3) is 1.35. The van der Waals surface area contributed by atoms with Crippen molar-refractivity contribution in [1.29, 1.82) is 0 Å². The van der Waals surface area contributed by atoms with Crippen LogP contribution >= 0.6 is 15.9 Å². The van der Waals surface area contributed by atoms with Crippen LogP contribution in [0, 0.1) is 0 Å². The van der Waals surface area contributed by atoms with Crippen LogP contribution in [-0.4, -0.2) is 25.3 Å². The van der Waals surface area contributed by atoms with Gasteiger partial charge in [-0.15, -0.1) is 0 Å². The van der Waals surface area contributed by atoms with E-state index in [9.17, 15) is 0 Å². The Morgan fingerprint density at radius 3 is 2.64 bits per heavy atom. The minimum Gasteiger partial charge on any atom is -0.374 e. The molecule has 3 rings (SSSR count). The van der Waals surface area contributed by atoms with Gasteiger partial charge in [0.1, 0.15) is 0 Å². The first-order valence-electron chi connectivity index (χ1n) is 4.97. The Hall–Kier alpha value is -0.540. The predicted molar refractivity (Wildman–Crippen MR) is 59.6 cm³/mol. The van der Waals surface area contributed by atoms with Gasteiger partial charge < -0.3 is 9.64 Å². The number of ether oxygens (including phenoxy) is 1. The van der Waals surface area contributed by atoms with Gasteiger partial charge >= 0.3 is 0 Å². The van der Waals surface area contributed by atoms with Crippen molar-refractivity contribution < 1.29 is 4.74 Å². The fourth-order valence-corrected chi connectivity index (χ4v) is 2.61. The second kappa shape index (κ2) is 3.24. The molecule has 0 N–H and O–H groups in total. The third-order valence-corrected chi connectivity index (χ3v) is 3.59. The number of anilines is 1. The minimum atomic E-state index is 0.476. The van der Waals surface area contributed by atoms with E-state index in [0.717, 1.165) is 17.6 Å². The average molecular weight is 254 g/mol. The lowest BCUT2D eigenvalue weighted by Crippen LogP contribution is -2.36. The summed E-state index contributed by atoms with van der Waals surface area (Å²) in [7, 11) is 0. The van der Waals surface area contributed by atoms with Crippen molar-refractivity contribution in [1.82, 2.24) is 0 Å². The Labute approximate surface area is 92.0 Å². The Kier molecular flexibility index (Phi) is 2.03. The zero-order valence-electron chi connectivity index (χ0n) is 7.82. The molecule has 14 heavy (non-hydrogen) atoms. The molecule has 0 unspecified atom stereocenters. The Bertz CT molecular complexity index is 338. The zero-order chi connectivity index (χ0) is 9.54. The molecule has 0 amide bonds. The van der Waals surface area contributed by atoms with Crippen molar-refractivity contribution >= 4 is 21.6 Å². The van der Waals surface area contributed by atoms with Gasteiger partial charge in [0.2, 0.25) is 0 Å². The summed E-state index contributed by atoms with van der Waals surface area (Å²) in [5.41, 5.74) is 1.32. The van der Waals surface area contributed by atoms with Crippen LogP contribution in [0.2, 0.25) is 0 Å².